The van der Waals surface area contributed by atoms with Gasteiger partial charge in [0.15, 0.2) is 0 Å². The molecule has 3 atom stereocenters. The van der Waals surface area contributed by atoms with Crippen molar-refractivity contribution < 1.29 is 19.1 Å². The molecule has 1 aromatic carbocycles. The van der Waals surface area contributed by atoms with E-state index >= 15 is 0 Å². The monoisotopic (exact) mass is 501 g/mol. The van der Waals surface area contributed by atoms with Gasteiger partial charge < -0.3 is 20.3 Å². The number of benzene rings is 1. The number of amides is 3. The minimum absolute atomic E-state index is 0.00220. The first-order valence-electron chi connectivity index (χ1n) is 13.4. The fraction of sp³-hybridized carbons (Fsp3) is 0.690. The number of nitrogens with one attached hydrogen (secondary N) is 2. The third-order valence-corrected chi connectivity index (χ3v) is 6.26. The van der Waals surface area contributed by atoms with Gasteiger partial charge in [-0.3, -0.25) is 9.59 Å². The van der Waals surface area contributed by atoms with Crippen LogP contribution in [0.3, 0.4) is 0 Å². The lowest BCUT2D eigenvalue weighted by atomic mass is 9.94. The third kappa shape index (κ3) is 8.82. The lowest BCUT2D eigenvalue weighted by Gasteiger charge is -2.36. The average Bonchev–Trinajstić information content (AvgIpc) is 3.56. The molecule has 3 unspecified atom stereocenters. The second-order valence-electron chi connectivity index (χ2n) is 11.8. The number of hydrogen-bond donors (Lipinski definition) is 2. The van der Waals surface area contributed by atoms with Crippen LogP contribution in [0, 0.1) is 19.8 Å². The van der Waals surface area contributed by atoms with E-state index in [2.05, 4.69) is 17.6 Å². The Morgan fingerprint density at radius 1 is 1.08 bits per heavy atom. The van der Waals surface area contributed by atoms with Crippen LogP contribution >= 0.6 is 0 Å². The van der Waals surface area contributed by atoms with Crippen LogP contribution in [-0.4, -0.2) is 46.5 Å². The first-order valence-corrected chi connectivity index (χ1v) is 13.4. The summed E-state index contributed by atoms with van der Waals surface area (Å²) in [6, 6.07) is 4.43. The van der Waals surface area contributed by atoms with Gasteiger partial charge in [0.05, 0.1) is 0 Å². The van der Waals surface area contributed by atoms with Gasteiger partial charge in [-0.15, -0.1) is 0 Å². The molecule has 3 amide bonds. The maximum absolute atomic E-state index is 14.2. The predicted molar refractivity (Wildman–Crippen MR) is 144 cm³/mol. The molecule has 1 aliphatic carbocycles. The number of hydrogen-bond acceptors (Lipinski definition) is 4. The maximum atomic E-state index is 14.2. The summed E-state index contributed by atoms with van der Waals surface area (Å²) in [5.74, 6) is -0.251. The van der Waals surface area contributed by atoms with Crippen molar-refractivity contribution in [2.24, 2.45) is 5.92 Å². The second-order valence-corrected chi connectivity index (χ2v) is 11.8. The van der Waals surface area contributed by atoms with Crippen LogP contribution in [0.2, 0.25) is 0 Å². The molecule has 202 valence electrons. The molecule has 0 heterocycles. The standard InChI is InChI=1S/C29H47N3O4/c1-10-11-21(6)30-26(33)25(23-17-19(4)12-13-20(23)5)32(22-14-15-22)27(34)24(16-18(2)3)31-28(35)36-29(7,8)9/h12-13,17-18,21-22,24-25H,10-11,14-16H2,1-9H3,(H,30,33)(H,31,35). The SMILES string of the molecule is CCCC(C)NC(=O)C(c1cc(C)ccc1C)N(C(=O)C(CC(C)C)NC(=O)OC(C)(C)C)C1CC1. The molecule has 1 aliphatic rings. The summed E-state index contributed by atoms with van der Waals surface area (Å²) in [6.07, 6.45) is 3.32. The van der Waals surface area contributed by atoms with Gasteiger partial charge in [-0.1, -0.05) is 51.0 Å². The van der Waals surface area contributed by atoms with Crippen molar-refractivity contribution in [1.29, 1.82) is 0 Å². The van der Waals surface area contributed by atoms with Crippen LogP contribution in [0.5, 0.6) is 0 Å². The smallest absolute Gasteiger partial charge is 0.408 e. The van der Waals surface area contributed by atoms with E-state index in [4.69, 9.17) is 4.74 Å². The van der Waals surface area contributed by atoms with E-state index in [9.17, 15) is 14.4 Å². The van der Waals surface area contributed by atoms with E-state index in [1.165, 1.54) is 0 Å². The lowest BCUT2D eigenvalue weighted by Crippen LogP contribution is -2.54. The lowest BCUT2D eigenvalue weighted by molar-refractivity contribution is -0.143. The molecule has 2 rings (SSSR count). The number of ether oxygens (including phenoxy) is 1. The van der Waals surface area contributed by atoms with E-state index in [0.717, 1.165) is 42.4 Å². The fourth-order valence-electron chi connectivity index (χ4n) is 4.49. The molecule has 7 heteroatoms. The summed E-state index contributed by atoms with van der Waals surface area (Å²) in [5, 5.41) is 5.97. The van der Waals surface area contributed by atoms with E-state index in [1.54, 1.807) is 25.7 Å². The molecule has 36 heavy (non-hydrogen) atoms. The number of nitrogens with zero attached hydrogens (tertiary/aromatic N) is 1. The summed E-state index contributed by atoms with van der Waals surface area (Å²) in [7, 11) is 0. The largest absolute Gasteiger partial charge is 0.444 e. The Labute approximate surface area is 217 Å². The topological polar surface area (TPSA) is 87.7 Å². The number of aryl methyl sites for hydroxylation is 2. The molecule has 1 saturated carbocycles. The van der Waals surface area contributed by atoms with Crippen LogP contribution < -0.4 is 10.6 Å². The summed E-state index contributed by atoms with van der Waals surface area (Å²) in [6.45, 7) is 17.5. The molecule has 7 nitrogen and oxygen atoms in total. The second kappa shape index (κ2) is 12.6. The molecule has 0 bridgehead atoms. The summed E-state index contributed by atoms with van der Waals surface area (Å²) in [5.41, 5.74) is 2.14. The quantitative estimate of drug-likeness (QED) is 0.414. The van der Waals surface area contributed by atoms with Gasteiger partial charge in [0.1, 0.15) is 17.7 Å². The van der Waals surface area contributed by atoms with Crippen LogP contribution in [0.15, 0.2) is 18.2 Å². The zero-order chi connectivity index (χ0) is 27.2. The van der Waals surface area contributed by atoms with Crippen LogP contribution in [0.1, 0.15) is 103 Å². The predicted octanol–water partition coefficient (Wildman–Crippen LogP) is 5.58. The van der Waals surface area contributed by atoms with Crippen molar-refractivity contribution >= 4 is 17.9 Å². The fourth-order valence-corrected chi connectivity index (χ4v) is 4.49. The van der Waals surface area contributed by atoms with Crippen molar-refractivity contribution in [1.82, 2.24) is 15.5 Å². The van der Waals surface area contributed by atoms with E-state index in [1.807, 2.05) is 52.8 Å². The normalized spacial score (nSPS) is 16.2. The first kappa shape index (κ1) is 29.7. The van der Waals surface area contributed by atoms with Gasteiger partial charge in [0, 0.05) is 12.1 Å². The van der Waals surface area contributed by atoms with Gasteiger partial charge in [0.25, 0.3) is 0 Å². The van der Waals surface area contributed by atoms with E-state index in [0.29, 0.717) is 6.42 Å². The van der Waals surface area contributed by atoms with Crippen molar-refractivity contribution in [3.8, 4) is 0 Å². The van der Waals surface area contributed by atoms with E-state index in [-0.39, 0.29) is 29.8 Å². The minimum atomic E-state index is -0.783. The van der Waals surface area contributed by atoms with Gasteiger partial charge in [-0.05, 0) is 84.3 Å². The highest BCUT2D eigenvalue weighted by Crippen LogP contribution is 2.37. The Kier molecular flexibility index (Phi) is 10.4. The van der Waals surface area contributed by atoms with Crippen molar-refractivity contribution in [3.05, 3.63) is 34.9 Å². The molecule has 0 saturated heterocycles. The zero-order valence-corrected chi connectivity index (χ0v) is 23.7. The average molecular weight is 502 g/mol. The number of rotatable bonds is 11. The van der Waals surface area contributed by atoms with Gasteiger partial charge in [-0.2, -0.15) is 0 Å². The highest BCUT2D eigenvalue weighted by molar-refractivity contribution is 5.93. The van der Waals surface area contributed by atoms with Gasteiger partial charge >= 0.3 is 6.09 Å². The van der Waals surface area contributed by atoms with Crippen molar-refractivity contribution in [3.63, 3.8) is 0 Å². The van der Waals surface area contributed by atoms with Crippen LogP contribution in [0.4, 0.5) is 4.79 Å². The molecule has 0 aliphatic heterocycles. The molecule has 1 aromatic rings. The molecule has 0 radical (unpaired) electrons. The highest BCUT2D eigenvalue weighted by atomic mass is 16.6. The number of alkyl carbamates (subject to hydrolysis) is 1. The molecule has 2 N–H and O–H groups in total. The molecular weight excluding hydrogens is 454 g/mol. The Bertz CT molecular complexity index is 918. The van der Waals surface area contributed by atoms with Crippen molar-refractivity contribution in [2.45, 2.75) is 124 Å². The van der Waals surface area contributed by atoms with Gasteiger partial charge in [-0.25, -0.2) is 4.79 Å². The minimum Gasteiger partial charge on any atom is -0.444 e. The van der Waals surface area contributed by atoms with Gasteiger partial charge in [0.2, 0.25) is 11.8 Å². The molecule has 0 aromatic heterocycles. The first-order chi connectivity index (χ1) is 16.7. The number of carbonyl (C=O) groups is 3. The maximum Gasteiger partial charge on any atom is 0.408 e. The zero-order valence-electron chi connectivity index (χ0n) is 23.7. The third-order valence-electron chi connectivity index (χ3n) is 6.26. The Morgan fingerprint density at radius 3 is 2.25 bits per heavy atom. The summed E-state index contributed by atoms with van der Waals surface area (Å²) < 4.78 is 5.46. The number of carbonyl (C=O) groups excluding carboxylic acids is 3. The molecule has 1 fully saturated rings. The molecule has 0 spiro atoms. The van der Waals surface area contributed by atoms with Crippen LogP contribution in [-0.2, 0) is 14.3 Å². The summed E-state index contributed by atoms with van der Waals surface area (Å²) in [4.78, 5) is 42.4. The van der Waals surface area contributed by atoms with Crippen LogP contribution in [0.25, 0.3) is 0 Å². The highest BCUT2D eigenvalue weighted by Gasteiger charge is 2.44. The Morgan fingerprint density at radius 2 is 1.72 bits per heavy atom. The Balaban J connectivity index is 2.49. The Hall–Kier alpha value is -2.57. The van der Waals surface area contributed by atoms with E-state index < -0.39 is 23.8 Å². The molecular formula is C29H47N3O4. The van der Waals surface area contributed by atoms with Crippen molar-refractivity contribution in [2.75, 3.05) is 0 Å². The summed E-state index contributed by atoms with van der Waals surface area (Å²) >= 11 is 0.